The Balaban J connectivity index is 0.00000306. The summed E-state index contributed by atoms with van der Waals surface area (Å²) in [6, 6.07) is 11.0. The number of nitrogens with zero attached hydrogens (tertiary/aromatic N) is 2. The lowest BCUT2D eigenvalue weighted by Crippen LogP contribution is -2.37. The Hall–Kier alpha value is -2.36. The van der Waals surface area contributed by atoms with Crippen molar-refractivity contribution in [3.05, 3.63) is 66.0 Å². The van der Waals surface area contributed by atoms with Crippen molar-refractivity contribution in [1.82, 2.24) is 9.88 Å². The molecule has 0 amide bonds. The summed E-state index contributed by atoms with van der Waals surface area (Å²) in [5, 5.41) is 2.15. The predicted molar refractivity (Wildman–Crippen MR) is 122 cm³/mol. The number of alkyl halides is 3. The Morgan fingerprint density at radius 3 is 2.36 bits per heavy atom. The second kappa shape index (κ2) is 9.87. The molecule has 2 aromatic carbocycles. The van der Waals surface area contributed by atoms with E-state index in [0.717, 1.165) is 65.7 Å². The number of benzene rings is 2. The fraction of sp³-hybridized carbons (Fsp3) is 0.348. The van der Waals surface area contributed by atoms with Crippen LogP contribution < -0.4 is 4.74 Å². The molecule has 0 aliphatic carbocycles. The van der Waals surface area contributed by atoms with E-state index in [1.54, 1.807) is 6.20 Å². The van der Waals surface area contributed by atoms with Gasteiger partial charge in [0.25, 0.3) is 9.84 Å². The van der Waals surface area contributed by atoms with Crippen LogP contribution >= 0.6 is 12.4 Å². The molecule has 178 valence electrons. The lowest BCUT2D eigenvalue weighted by molar-refractivity contribution is -0.0436. The number of ether oxygens (including phenoxy) is 1. The van der Waals surface area contributed by atoms with Crippen LogP contribution in [0.1, 0.15) is 24.0 Å². The second-order valence-electron chi connectivity index (χ2n) is 8.03. The number of hydrogen-bond donors (Lipinski definition) is 0. The Labute approximate surface area is 196 Å². The largest absolute Gasteiger partial charge is 0.501 e. The van der Waals surface area contributed by atoms with Crippen LogP contribution in [-0.4, -0.2) is 43.0 Å². The van der Waals surface area contributed by atoms with Gasteiger partial charge in [-0.3, -0.25) is 9.88 Å². The van der Waals surface area contributed by atoms with Crippen molar-refractivity contribution in [2.24, 2.45) is 0 Å². The SMILES string of the molecule is Cc1cc2cnccc2cc1OC1CCN(Cc2ccc(S(=O)(=O)C(F)(F)F)cc2)CC1.Cl. The third-order valence-corrected chi connectivity index (χ3v) is 7.21. The highest BCUT2D eigenvalue weighted by atomic mass is 35.5. The molecule has 1 fully saturated rings. The zero-order valence-corrected chi connectivity index (χ0v) is 19.5. The first kappa shape index (κ1) is 25.3. The lowest BCUT2D eigenvalue weighted by atomic mass is 10.1. The molecule has 0 spiro atoms. The first-order valence-corrected chi connectivity index (χ1v) is 11.8. The first-order valence-electron chi connectivity index (χ1n) is 10.3. The van der Waals surface area contributed by atoms with Gasteiger partial charge in [0.1, 0.15) is 11.9 Å². The van der Waals surface area contributed by atoms with Crippen LogP contribution in [0.4, 0.5) is 13.2 Å². The summed E-state index contributed by atoms with van der Waals surface area (Å²) >= 11 is 0. The van der Waals surface area contributed by atoms with Gasteiger partial charge >= 0.3 is 5.51 Å². The molecule has 0 unspecified atom stereocenters. The molecule has 33 heavy (non-hydrogen) atoms. The molecule has 4 rings (SSSR count). The van der Waals surface area contributed by atoms with Gasteiger partial charge in [0.15, 0.2) is 0 Å². The number of pyridine rings is 1. The summed E-state index contributed by atoms with van der Waals surface area (Å²) < 4.78 is 67.3. The minimum Gasteiger partial charge on any atom is -0.490 e. The standard InChI is InChI=1S/C23H23F3N2O3S.ClH/c1-16-12-19-14-27-9-6-18(19)13-22(16)31-20-7-10-28(11-8-20)15-17-2-4-21(5-3-17)32(29,30)23(24,25)26;/h2-6,9,12-14,20H,7-8,10-11,15H2,1H3;1H. The van der Waals surface area contributed by atoms with Crippen molar-refractivity contribution in [3.63, 3.8) is 0 Å². The average Bonchev–Trinajstić information content (AvgIpc) is 2.75. The lowest BCUT2D eigenvalue weighted by Gasteiger charge is -2.32. The first-order chi connectivity index (χ1) is 15.1. The Morgan fingerprint density at radius 1 is 1.06 bits per heavy atom. The van der Waals surface area contributed by atoms with Gasteiger partial charge in [0.05, 0.1) is 4.90 Å². The molecule has 0 bridgehead atoms. The number of aryl methyl sites for hydroxylation is 1. The van der Waals surface area contributed by atoms with Crippen molar-refractivity contribution >= 4 is 33.0 Å². The fourth-order valence-corrected chi connectivity index (χ4v) is 4.65. The van der Waals surface area contributed by atoms with E-state index < -0.39 is 20.2 Å². The molecule has 0 atom stereocenters. The van der Waals surface area contributed by atoms with Gasteiger partial charge in [-0.05, 0) is 66.6 Å². The van der Waals surface area contributed by atoms with Gasteiger partial charge in [-0.1, -0.05) is 12.1 Å². The molecule has 0 saturated carbocycles. The number of rotatable bonds is 5. The average molecular weight is 501 g/mol. The van der Waals surface area contributed by atoms with E-state index in [2.05, 4.69) is 16.0 Å². The van der Waals surface area contributed by atoms with E-state index in [9.17, 15) is 21.6 Å². The molecule has 0 N–H and O–H groups in total. The highest BCUT2D eigenvalue weighted by Crippen LogP contribution is 2.31. The summed E-state index contributed by atoms with van der Waals surface area (Å²) in [5.74, 6) is 0.864. The van der Waals surface area contributed by atoms with E-state index in [0.29, 0.717) is 6.54 Å². The predicted octanol–water partition coefficient (Wildman–Crippen LogP) is 5.30. The number of fused-ring (bicyclic) bond motifs is 1. The third kappa shape index (κ3) is 5.59. The van der Waals surface area contributed by atoms with Gasteiger partial charge in [0.2, 0.25) is 0 Å². The minimum atomic E-state index is -5.31. The van der Waals surface area contributed by atoms with Crippen LogP contribution in [0.15, 0.2) is 59.8 Å². The van der Waals surface area contributed by atoms with Crippen molar-refractivity contribution < 1.29 is 26.3 Å². The van der Waals surface area contributed by atoms with Crippen LogP contribution in [-0.2, 0) is 16.4 Å². The third-order valence-electron chi connectivity index (χ3n) is 5.71. The zero-order valence-electron chi connectivity index (χ0n) is 17.9. The number of sulfone groups is 1. The van der Waals surface area contributed by atoms with Gasteiger partial charge in [-0.2, -0.15) is 13.2 Å². The highest BCUT2D eigenvalue weighted by molar-refractivity contribution is 7.92. The van der Waals surface area contributed by atoms with Gasteiger partial charge < -0.3 is 4.74 Å². The van der Waals surface area contributed by atoms with Crippen molar-refractivity contribution in [1.29, 1.82) is 0 Å². The summed E-state index contributed by atoms with van der Waals surface area (Å²) in [6.45, 7) is 4.12. The van der Waals surface area contributed by atoms with Crippen molar-refractivity contribution in [2.75, 3.05) is 13.1 Å². The molecule has 10 heteroatoms. The molecule has 1 aliphatic rings. The van der Waals surface area contributed by atoms with E-state index in [1.165, 1.54) is 12.1 Å². The van der Waals surface area contributed by atoms with E-state index in [4.69, 9.17) is 4.74 Å². The van der Waals surface area contributed by atoms with Gasteiger partial charge in [-0.15, -0.1) is 12.4 Å². The summed E-state index contributed by atoms with van der Waals surface area (Å²) in [7, 11) is -5.31. The quantitative estimate of drug-likeness (QED) is 0.475. The van der Waals surface area contributed by atoms with Gasteiger partial charge in [0, 0.05) is 37.4 Å². The Kier molecular flexibility index (Phi) is 7.55. The van der Waals surface area contributed by atoms with Crippen LogP contribution in [0.2, 0.25) is 0 Å². The molecule has 0 radical (unpaired) electrons. The molecule has 5 nitrogen and oxygen atoms in total. The van der Waals surface area contributed by atoms with Crippen LogP contribution in [0.3, 0.4) is 0 Å². The molecular formula is C23H24ClF3N2O3S. The van der Waals surface area contributed by atoms with Crippen molar-refractivity contribution in [2.45, 2.75) is 42.8 Å². The maximum Gasteiger partial charge on any atom is 0.501 e. The fourth-order valence-electron chi connectivity index (χ4n) is 3.89. The number of likely N-dealkylation sites (tertiary alicyclic amines) is 1. The molecule has 1 aromatic heterocycles. The maximum absolute atomic E-state index is 12.7. The monoisotopic (exact) mass is 500 g/mol. The second-order valence-corrected chi connectivity index (χ2v) is 9.97. The van der Waals surface area contributed by atoms with E-state index in [-0.39, 0.29) is 18.5 Å². The number of hydrogen-bond acceptors (Lipinski definition) is 5. The van der Waals surface area contributed by atoms with Crippen LogP contribution in [0.5, 0.6) is 5.75 Å². The van der Waals surface area contributed by atoms with E-state index in [1.807, 2.05) is 25.3 Å². The Morgan fingerprint density at radius 2 is 1.73 bits per heavy atom. The summed E-state index contributed by atoms with van der Waals surface area (Å²) in [4.78, 5) is 5.60. The minimum absolute atomic E-state index is 0. The number of halogens is 4. The normalized spacial score (nSPS) is 15.9. The maximum atomic E-state index is 12.7. The molecule has 3 aromatic rings. The van der Waals surface area contributed by atoms with Gasteiger partial charge in [-0.25, -0.2) is 8.42 Å². The number of aromatic nitrogens is 1. The zero-order chi connectivity index (χ0) is 22.9. The molecule has 1 aliphatic heterocycles. The van der Waals surface area contributed by atoms with Crippen LogP contribution in [0, 0.1) is 6.92 Å². The molecular weight excluding hydrogens is 477 g/mol. The Bertz CT molecular complexity index is 1210. The van der Waals surface area contributed by atoms with Crippen LogP contribution in [0.25, 0.3) is 10.8 Å². The number of piperidine rings is 1. The molecule has 1 saturated heterocycles. The van der Waals surface area contributed by atoms with Crippen molar-refractivity contribution in [3.8, 4) is 5.75 Å². The molecule has 2 heterocycles. The summed E-state index contributed by atoms with van der Waals surface area (Å²) in [6.07, 6.45) is 5.33. The topological polar surface area (TPSA) is 59.5 Å². The highest BCUT2D eigenvalue weighted by Gasteiger charge is 2.46. The smallest absolute Gasteiger partial charge is 0.490 e. The van der Waals surface area contributed by atoms with E-state index >= 15 is 0 Å². The summed E-state index contributed by atoms with van der Waals surface area (Å²) in [5.41, 5.74) is -3.47.